The molecule has 0 aromatic heterocycles. The van der Waals surface area contributed by atoms with Gasteiger partial charge < -0.3 is 29.7 Å². The fraction of sp³-hybridized carbons (Fsp3) is 0.419. The molecule has 0 aliphatic carbocycles. The second-order valence-corrected chi connectivity index (χ2v) is 10.8. The van der Waals surface area contributed by atoms with Crippen LogP contribution in [0.1, 0.15) is 58.3 Å². The monoisotopic (exact) mass is 565 g/mol. The molecule has 2 aromatic rings. The lowest BCUT2D eigenvalue weighted by Crippen LogP contribution is -2.63. The fourth-order valence-electron chi connectivity index (χ4n) is 4.41. The number of amides is 3. The summed E-state index contributed by atoms with van der Waals surface area (Å²) >= 11 is 0. The Balaban J connectivity index is 2.01. The first-order valence-corrected chi connectivity index (χ1v) is 13.6. The van der Waals surface area contributed by atoms with Crippen LogP contribution >= 0.6 is 0 Å². The molecule has 2 N–H and O–H groups in total. The molecule has 1 heterocycles. The minimum absolute atomic E-state index is 0.271. The Morgan fingerprint density at radius 3 is 2.00 bits per heavy atom. The number of hydrogen-bond acceptors (Lipinski definition) is 7. The van der Waals surface area contributed by atoms with E-state index in [1.165, 1.54) is 17.9 Å². The number of carbonyl (C=O) groups is 4. The first-order chi connectivity index (χ1) is 19.4. The summed E-state index contributed by atoms with van der Waals surface area (Å²) in [6.07, 6.45) is -0.863. The molecule has 2 aromatic carbocycles. The molecule has 0 bridgehead atoms. The van der Waals surface area contributed by atoms with Gasteiger partial charge in [0.1, 0.15) is 5.60 Å². The number of hydrogen-bond donors (Lipinski definition) is 2. The predicted octanol–water partition coefficient (Wildman–Crippen LogP) is 3.87. The van der Waals surface area contributed by atoms with Crippen LogP contribution in [-0.2, 0) is 28.6 Å². The van der Waals surface area contributed by atoms with Gasteiger partial charge in [-0.3, -0.25) is 9.59 Å². The summed E-state index contributed by atoms with van der Waals surface area (Å²) in [5, 5.41) is 5.38. The summed E-state index contributed by atoms with van der Waals surface area (Å²) in [6.45, 7) is 8.75. The van der Waals surface area contributed by atoms with E-state index in [-0.39, 0.29) is 5.76 Å². The van der Waals surface area contributed by atoms with Gasteiger partial charge in [0.2, 0.25) is 11.7 Å². The Bertz CT molecular complexity index is 1200. The van der Waals surface area contributed by atoms with Crippen molar-refractivity contribution in [1.82, 2.24) is 15.5 Å². The molecule has 3 atom stereocenters. The van der Waals surface area contributed by atoms with Crippen LogP contribution in [0.5, 0.6) is 0 Å². The highest BCUT2D eigenvalue weighted by molar-refractivity contribution is 5.90. The Labute approximate surface area is 241 Å². The van der Waals surface area contributed by atoms with E-state index in [1.807, 2.05) is 67.6 Å². The van der Waals surface area contributed by atoms with Crippen LogP contribution in [0.3, 0.4) is 0 Å². The van der Waals surface area contributed by atoms with Gasteiger partial charge in [-0.15, -0.1) is 0 Å². The maximum Gasteiger partial charge on any atom is 0.408 e. The molecule has 1 aliphatic heterocycles. The van der Waals surface area contributed by atoms with Crippen LogP contribution in [0.2, 0.25) is 0 Å². The molecule has 0 radical (unpaired) electrons. The van der Waals surface area contributed by atoms with Gasteiger partial charge in [0.15, 0.2) is 12.2 Å². The molecular weight excluding hydrogens is 526 g/mol. The topological polar surface area (TPSA) is 123 Å². The van der Waals surface area contributed by atoms with Gasteiger partial charge in [-0.25, -0.2) is 9.59 Å². The average molecular weight is 566 g/mol. The van der Waals surface area contributed by atoms with E-state index in [9.17, 15) is 19.2 Å². The van der Waals surface area contributed by atoms with Crippen LogP contribution < -0.4 is 10.6 Å². The van der Waals surface area contributed by atoms with Gasteiger partial charge in [0.05, 0.1) is 12.1 Å². The summed E-state index contributed by atoms with van der Waals surface area (Å²) < 4.78 is 17.3. The van der Waals surface area contributed by atoms with E-state index in [0.717, 1.165) is 11.1 Å². The van der Waals surface area contributed by atoms with Crippen molar-refractivity contribution in [2.24, 2.45) is 0 Å². The van der Waals surface area contributed by atoms with Gasteiger partial charge in [0.25, 0.3) is 5.91 Å². The second kappa shape index (κ2) is 13.8. The van der Waals surface area contributed by atoms with Crippen LogP contribution in [-0.4, -0.2) is 66.2 Å². The smallest absolute Gasteiger partial charge is 0.408 e. The van der Waals surface area contributed by atoms with Crippen molar-refractivity contribution in [1.29, 1.82) is 0 Å². The van der Waals surface area contributed by atoms with Crippen molar-refractivity contribution in [2.75, 3.05) is 13.6 Å². The summed E-state index contributed by atoms with van der Waals surface area (Å²) in [5.41, 5.74) is 0.663. The molecule has 3 unspecified atom stereocenters. The zero-order valence-electron chi connectivity index (χ0n) is 24.4. The number of esters is 1. The summed E-state index contributed by atoms with van der Waals surface area (Å²) in [5.74, 6) is -2.02. The third kappa shape index (κ3) is 8.83. The molecule has 3 rings (SSSR count). The number of alkyl carbamates (subject to hydrolysis) is 1. The minimum Gasteiger partial charge on any atom is -0.471 e. The van der Waals surface area contributed by atoms with Crippen molar-refractivity contribution >= 4 is 23.9 Å². The van der Waals surface area contributed by atoms with Gasteiger partial charge in [0, 0.05) is 20.5 Å². The van der Waals surface area contributed by atoms with Crippen LogP contribution in [0, 0.1) is 0 Å². The van der Waals surface area contributed by atoms with Gasteiger partial charge in [-0.1, -0.05) is 67.6 Å². The van der Waals surface area contributed by atoms with E-state index in [2.05, 4.69) is 10.6 Å². The maximum absolute atomic E-state index is 13.6. The normalized spacial score (nSPS) is 18.4. The highest BCUT2D eigenvalue weighted by Gasteiger charge is 2.44. The van der Waals surface area contributed by atoms with Crippen molar-refractivity contribution in [3.8, 4) is 0 Å². The van der Waals surface area contributed by atoms with Crippen molar-refractivity contribution in [3.63, 3.8) is 0 Å². The third-order valence-electron chi connectivity index (χ3n) is 6.16. The fourth-order valence-corrected chi connectivity index (χ4v) is 4.41. The lowest BCUT2D eigenvalue weighted by molar-refractivity contribution is -0.154. The molecular formula is C31H39N3O7. The van der Waals surface area contributed by atoms with Crippen LogP contribution in [0.4, 0.5) is 4.79 Å². The maximum atomic E-state index is 13.6. The third-order valence-corrected chi connectivity index (χ3v) is 6.16. The number of ether oxygens (including phenoxy) is 3. The highest BCUT2D eigenvalue weighted by atomic mass is 16.6. The van der Waals surface area contributed by atoms with Crippen molar-refractivity contribution < 1.29 is 33.4 Å². The molecule has 0 spiro atoms. The SMILES string of the molecule is CCCN(C)C(=O)C1OC(C(=O)OC(c2ccccc2)c2ccccc2)=CC(NC(=O)OC(C)(C)C)C1NC(C)=O. The Hall–Kier alpha value is -4.34. The van der Waals surface area contributed by atoms with Crippen LogP contribution in [0.25, 0.3) is 0 Å². The first kappa shape index (κ1) is 31.2. The number of carbonyl (C=O) groups excluding carboxylic acids is 4. The molecule has 0 fully saturated rings. The summed E-state index contributed by atoms with van der Waals surface area (Å²) in [4.78, 5) is 53.5. The zero-order chi connectivity index (χ0) is 30.2. The first-order valence-electron chi connectivity index (χ1n) is 13.6. The number of likely N-dealkylation sites (N-methyl/N-ethyl adjacent to an activating group) is 1. The van der Waals surface area contributed by atoms with E-state index >= 15 is 0 Å². The Morgan fingerprint density at radius 1 is 0.951 bits per heavy atom. The van der Waals surface area contributed by atoms with Gasteiger partial charge in [-0.2, -0.15) is 0 Å². The van der Waals surface area contributed by atoms with Crippen molar-refractivity contribution in [3.05, 3.63) is 83.6 Å². The van der Waals surface area contributed by atoms with Crippen LogP contribution in [0.15, 0.2) is 72.5 Å². The van der Waals surface area contributed by atoms with E-state index in [4.69, 9.17) is 14.2 Å². The zero-order valence-corrected chi connectivity index (χ0v) is 24.4. The Kier molecular flexibility index (Phi) is 10.5. The van der Waals surface area contributed by atoms with Crippen molar-refractivity contribution in [2.45, 2.75) is 70.9 Å². The predicted molar refractivity (Wildman–Crippen MR) is 152 cm³/mol. The molecule has 10 nitrogen and oxygen atoms in total. The summed E-state index contributed by atoms with van der Waals surface area (Å²) in [7, 11) is 1.60. The van der Waals surface area contributed by atoms with E-state index < -0.39 is 53.8 Å². The lowest BCUT2D eigenvalue weighted by Gasteiger charge is -2.38. The standard InChI is InChI=1S/C31H39N3O7/c1-7-18-34(6)28(36)27-25(32-20(2)35)23(33-30(38)41-31(3,4)5)19-24(39-27)29(37)40-26(21-14-10-8-11-15-21)22-16-12-9-13-17-22/h8-17,19,23,25-27H,7,18H2,1-6H3,(H,32,35)(H,33,38). The average Bonchev–Trinajstić information content (AvgIpc) is 2.91. The molecule has 3 amide bonds. The molecule has 0 saturated carbocycles. The molecule has 0 saturated heterocycles. The molecule has 10 heteroatoms. The number of nitrogens with zero attached hydrogens (tertiary/aromatic N) is 1. The number of benzene rings is 2. The second-order valence-electron chi connectivity index (χ2n) is 10.8. The molecule has 41 heavy (non-hydrogen) atoms. The quantitative estimate of drug-likeness (QED) is 0.443. The van der Waals surface area contributed by atoms with Gasteiger partial charge >= 0.3 is 12.1 Å². The largest absolute Gasteiger partial charge is 0.471 e. The van der Waals surface area contributed by atoms with E-state index in [0.29, 0.717) is 13.0 Å². The lowest BCUT2D eigenvalue weighted by atomic mass is 9.96. The number of rotatable bonds is 9. The molecule has 220 valence electrons. The highest BCUT2D eigenvalue weighted by Crippen LogP contribution is 2.29. The summed E-state index contributed by atoms with van der Waals surface area (Å²) in [6, 6.07) is 16.4. The van der Waals surface area contributed by atoms with E-state index in [1.54, 1.807) is 27.8 Å². The van der Waals surface area contributed by atoms with Gasteiger partial charge in [-0.05, 0) is 44.4 Å². The molecule has 1 aliphatic rings. The Morgan fingerprint density at radius 2 is 1.51 bits per heavy atom. The minimum atomic E-state index is -1.32. The number of nitrogens with one attached hydrogen (secondary N) is 2.